The maximum absolute atomic E-state index is 10.5. The number of nitro groups is 1. The van der Waals surface area contributed by atoms with Gasteiger partial charge < -0.3 is 10.2 Å². The van der Waals surface area contributed by atoms with Gasteiger partial charge in [0, 0.05) is 19.6 Å². The first-order valence-corrected chi connectivity index (χ1v) is 5.58. The van der Waals surface area contributed by atoms with Crippen molar-refractivity contribution in [2.45, 2.75) is 32.6 Å². The molecule has 1 aliphatic heterocycles. The fourth-order valence-electron chi connectivity index (χ4n) is 1.69. The summed E-state index contributed by atoms with van der Waals surface area (Å²) in [6.45, 7) is 4.78. The lowest BCUT2D eigenvalue weighted by Crippen LogP contribution is -2.30. The van der Waals surface area contributed by atoms with Crippen molar-refractivity contribution >= 4 is 0 Å². The quantitative estimate of drug-likeness (QED) is 0.413. The van der Waals surface area contributed by atoms with Crippen LogP contribution >= 0.6 is 0 Å². The summed E-state index contributed by atoms with van der Waals surface area (Å²) in [6, 6.07) is 0. The molecule has 86 valence electrons. The topological polar surface area (TPSA) is 58.4 Å². The highest BCUT2D eigenvalue weighted by molar-refractivity contribution is 4.96. The van der Waals surface area contributed by atoms with Gasteiger partial charge in [0.2, 0.25) is 0 Å². The standard InChI is InChI=1S/C10H19N3O2/c1-2-3-6-11-10(9-13(14)15)12-7-4-5-8-12/h9,11H,2-8H2,1H3. The first-order chi connectivity index (χ1) is 7.24. The summed E-state index contributed by atoms with van der Waals surface area (Å²) in [7, 11) is 0. The Morgan fingerprint density at radius 3 is 2.73 bits per heavy atom. The predicted molar refractivity (Wildman–Crippen MR) is 58.8 cm³/mol. The van der Waals surface area contributed by atoms with Gasteiger partial charge in [-0.15, -0.1) is 0 Å². The molecule has 0 atom stereocenters. The molecule has 0 saturated carbocycles. The SMILES string of the molecule is CCCCNC(=C[N+](=O)[O-])N1CCCC1. The van der Waals surface area contributed by atoms with Gasteiger partial charge in [-0.3, -0.25) is 10.1 Å². The zero-order valence-corrected chi connectivity index (χ0v) is 9.24. The molecule has 1 saturated heterocycles. The molecule has 0 amide bonds. The molecule has 0 aromatic carbocycles. The van der Waals surface area contributed by atoms with Gasteiger partial charge in [-0.2, -0.15) is 0 Å². The fraction of sp³-hybridized carbons (Fsp3) is 0.800. The Labute approximate surface area is 90.3 Å². The van der Waals surface area contributed by atoms with E-state index in [2.05, 4.69) is 17.1 Å². The summed E-state index contributed by atoms with van der Waals surface area (Å²) in [5.41, 5.74) is 0. The van der Waals surface area contributed by atoms with Gasteiger partial charge in [-0.1, -0.05) is 13.3 Å². The van der Waals surface area contributed by atoms with Crippen molar-refractivity contribution in [3.8, 4) is 0 Å². The van der Waals surface area contributed by atoms with E-state index in [0.29, 0.717) is 5.82 Å². The Bertz CT molecular complexity index is 235. The molecule has 0 aromatic heterocycles. The molecule has 5 heteroatoms. The molecule has 0 aromatic rings. The second-order valence-corrected chi connectivity index (χ2v) is 3.77. The van der Waals surface area contributed by atoms with E-state index in [4.69, 9.17) is 0 Å². The summed E-state index contributed by atoms with van der Waals surface area (Å²) in [6.07, 6.45) is 5.48. The summed E-state index contributed by atoms with van der Waals surface area (Å²) in [4.78, 5) is 12.1. The Morgan fingerprint density at radius 2 is 2.20 bits per heavy atom. The lowest BCUT2D eigenvalue weighted by molar-refractivity contribution is -0.404. The van der Waals surface area contributed by atoms with Crippen molar-refractivity contribution in [2.75, 3.05) is 19.6 Å². The third kappa shape index (κ3) is 4.18. The maximum atomic E-state index is 10.5. The van der Waals surface area contributed by atoms with Gasteiger partial charge in [0.1, 0.15) is 0 Å². The van der Waals surface area contributed by atoms with Gasteiger partial charge in [-0.05, 0) is 19.3 Å². The first-order valence-electron chi connectivity index (χ1n) is 5.58. The average Bonchev–Trinajstić information content (AvgIpc) is 2.68. The van der Waals surface area contributed by atoms with Gasteiger partial charge in [0.05, 0.1) is 4.92 Å². The number of nitrogens with zero attached hydrogens (tertiary/aromatic N) is 2. The highest BCUT2D eigenvalue weighted by Crippen LogP contribution is 2.12. The number of likely N-dealkylation sites (tertiary alicyclic amines) is 1. The molecular weight excluding hydrogens is 194 g/mol. The molecule has 5 nitrogen and oxygen atoms in total. The second kappa shape index (κ2) is 6.27. The summed E-state index contributed by atoms with van der Waals surface area (Å²) in [5, 5.41) is 13.6. The van der Waals surface area contributed by atoms with Crippen LogP contribution in [0.15, 0.2) is 12.0 Å². The molecule has 15 heavy (non-hydrogen) atoms. The minimum Gasteiger partial charge on any atom is -0.367 e. The van der Waals surface area contributed by atoms with E-state index in [1.54, 1.807) is 0 Å². The van der Waals surface area contributed by atoms with Crippen molar-refractivity contribution in [2.24, 2.45) is 0 Å². The minimum absolute atomic E-state index is 0.382. The fourth-order valence-corrected chi connectivity index (χ4v) is 1.69. The van der Waals surface area contributed by atoms with Crippen molar-refractivity contribution < 1.29 is 4.92 Å². The van der Waals surface area contributed by atoms with E-state index in [1.807, 2.05) is 0 Å². The minimum atomic E-state index is -0.382. The van der Waals surface area contributed by atoms with E-state index in [1.165, 1.54) is 0 Å². The van der Waals surface area contributed by atoms with E-state index in [0.717, 1.165) is 51.5 Å². The van der Waals surface area contributed by atoms with E-state index in [-0.39, 0.29) is 4.92 Å². The number of rotatable bonds is 6. The van der Waals surface area contributed by atoms with Crippen molar-refractivity contribution in [3.05, 3.63) is 22.1 Å². The molecule has 0 aliphatic carbocycles. The number of hydrogen-bond acceptors (Lipinski definition) is 4. The molecule has 1 rings (SSSR count). The highest BCUT2D eigenvalue weighted by atomic mass is 16.6. The smallest absolute Gasteiger partial charge is 0.274 e. The molecule has 1 fully saturated rings. The molecule has 1 N–H and O–H groups in total. The van der Waals surface area contributed by atoms with Gasteiger partial charge in [0.25, 0.3) is 6.20 Å². The lowest BCUT2D eigenvalue weighted by Gasteiger charge is -2.20. The third-order valence-electron chi connectivity index (χ3n) is 2.51. The van der Waals surface area contributed by atoms with Gasteiger partial charge >= 0.3 is 0 Å². The van der Waals surface area contributed by atoms with Crippen LogP contribution in [0, 0.1) is 10.1 Å². The van der Waals surface area contributed by atoms with E-state index >= 15 is 0 Å². The summed E-state index contributed by atoms with van der Waals surface area (Å²) in [5.74, 6) is 0.672. The Kier molecular flexibility index (Phi) is 4.93. The first kappa shape index (κ1) is 11.8. The molecule has 0 unspecified atom stereocenters. The van der Waals surface area contributed by atoms with Gasteiger partial charge in [0.15, 0.2) is 5.82 Å². The number of unbranched alkanes of at least 4 members (excludes halogenated alkanes) is 1. The van der Waals surface area contributed by atoms with Crippen LogP contribution in [-0.4, -0.2) is 29.5 Å². The zero-order chi connectivity index (χ0) is 11.1. The van der Waals surface area contributed by atoms with Crippen LogP contribution in [0.4, 0.5) is 0 Å². The summed E-state index contributed by atoms with van der Waals surface area (Å²) < 4.78 is 0. The Balaban J connectivity index is 2.48. The number of nitrogens with one attached hydrogen (secondary N) is 1. The van der Waals surface area contributed by atoms with Crippen LogP contribution in [0.25, 0.3) is 0 Å². The third-order valence-corrected chi connectivity index (χ3v) is 2.51. The van der Waals surface area contributed by atoms with E-state index < -0.39 is 0 Å². The van der Waals surface area contributed by atoms with Gasteiger partial charge in [-0.25, -0.2) is 0 Å². The molecule has 1 aliphatic rings. The average molecular weight is 213 g/mol. The summed E-state index contributed by atoms with van der Waals surface area (Å²) >= 11 is 0. The zero-order valence-electron chi connectivity index (χ0n) is 9.24. The monoisotopic (exact) mass is 213 g/mol. The van der Waals surface area contributed by atoms with Crippen LogP contribution in [-0.2, 0) is 0 Å². The second-order valence-electron chi connectivity index (χ2n) is 3.77. The van der Waals surface area contributed by atoms with Crippen LogP contribution in [0.2, 0.25) is 0 Å². The van der Waals surface area contributed by atoms with E-state index in [9.17, 15) is 10.1 Å². The predicted octanol–water partition coefficient (Wildman–Crippen LogP) is 1.55. The Morgan fingerprint density at radius 1 is 1.53 bits per heavy atom. The van der Waals surface area contributed by atoms with Crippen LogP contribution < -0.4 is 5.32 Å². The van der Waals surface area contributed by atoms with Crippen molar-refractivity contribution in [1.29, 1.82) is 0 Å². The van der Waals surface area contributed by atoms with Crippen molar-refractivity contribution in [3.63, 3.8) is 0 Å². The number of hydrogen-bond donors (Lipinski definition) is 1. The maximum Gasteiger partial charge on any atom is 0.274 e. The Hall–Kier alpha value is -1.26. The molecule has 0 bridgehead atoms. The van der Waals surface area contributed by atoms with Crippen LogP contribution in [0.1, 0.15) is 32.6 Å². The lowest BCUT2D eigenvalue weighted by atomic mass is 10.3. The molecule has 0 spiro atoms. The van der Waals surface area contributed by atoms with Crippen LogP contribution in [0.5, 0.6) is 0 Å². The molecular formula is C10H19N3O2. The van der Waals surface area contributed by atoms with Crippen molar-refractivity contribution in [1.82, 2.24) is 10.2 Å². The normalized spacial score (nSPS) is 16.9. The molecule has 1 heterocycles. The highest BCUT2D eigenvalue weighted by Gasteiger charge is 2.16. The van der Waals surface area contributed by atoms with Crippen LogP contribution in [0.3, 0.4) is 0 Å². The molecule has 0 radical (unpaired) electrons. The largest absolute Gasteiger partial charge is 0.367 e.